The Morgan fingerprint density at radius 1 is 0.345 bits per heavy atom. The average Bonchev–Trinajstić information content (AvgIpc) is 2.81. The van der Waals surface area contributed by atoms with Crippen molar-refractivity contribution in [1.82, 2.24) is 0 Å². The topological polar surface area (TPSA) is 0 Å². The highest BCUT2D eigenvalue weighted by Gasteiger charge is 1.94. The summed E-state index contributed by atoms with van der Waals surface area (Å²) in [4.78, 5) is 0. The van der Waals surface area contributed by atoms with Crippen LogP contribution in [0.1, 0.15) is 22.3 Å². The highest BCUT2D eigenvalue weighted by molar-refractivity contribution is 7.97. The number of benzene rings is 4. The molecule has 0 aliphatic heterocycles. The van der Waals surface area contributed by atoms with E-state index in [4.69, 9.17) is 0 Å². The monoisotopic (exact) mass is 396 g/mol. The summed E-state index contributed by atoms with van der Waals surface area (Å²) < 4.78 is 0. The zero-order valence-corrected chi connectivity index (χ0v) is 17.6. The third-order valence-corrected chi connectivity index (χ3v) is 5.69. The van der Waals surface area contributed by atoms with Gasteiger partial charge >= 0.3 is 0 Å². The first-order valence-corrected chi connectivity index (χ1v) is 11.3. The lowest BCUT2D eigenvalue weighted by Crippen LogP contribution is -1.89. The van der Waals surface area contributed by atoms with E-state index in [2.05, 4.69) is 121 Å². The van der Waals surface area contributed by atoms with Gasteiger partial charge in [0.15, 0.2) is 0 Å². The molecule has 146 valence electrons. The van der Waals surface area contributed by atoms with Crippen LogP contribution in [-0.4, -0.2) is 0 Å². The fourth-order valence-corrected chi connectivity index (χ4v) is 3.97. The summed E-state index contributed by atoms with van der Waals surface area (Å²) in [6.07, 6.45) is 2.26. The van der Waals surface area contributed by atoms with Crippen LogP contribution in [0, 0.1) is 0 Å². The van der Waals surface area contributed by atoms with E-state index in [1.54, 1.807) is 0 Å². The molecule has 0 atom stereocenters. The molecule has 0 fully saturated rings. The summed E-state index contributed by atoms with van der Waals surface area (Å²) >= 11 is 1.96. The molecule has 0 aromatic heterocycles. The van der Waals surface area contributed by atoms with Crippen LogP contribution in [0.3, 0.4) is 0 Å². The second kappa shape index (κ2) is 12.6. The molecule has 0 amide bonds. The van der Waals surface area contributed by atoms with Gasteiger partial charge in [-0.15, -0.1) is 0 Å². The lowest BCUT2D eigenvalue weighted by molar-refractivity contribution is 0.960. The van der Waals surface area contributed by atoms with Crippen molar-refractivity contribution in [3.8, 4) is 0 Å². The maximum absolute atomic E-state index is 2.18. The van der Waals surface area contributed by atoms with E-state index in [0.717, 1.165) is 24.3 Å². The van der Waals surface area contributed by atoms with Crippen molar-refractivity contribution in [2.75, 3.05) is 0 Å². The SMILES string of the molecule is c1ccc(CCc2ccccc2)cc1.c1ccc(CSCc2ccccc2)cc1. The summed E-state index contributed by atoms with van der Waals surface area (Å²) in [5, 5.41) is 0. The number of aryl methyl sites for hydroxylation is 2. The summed E-state index contributed by atoms with van der Waals surface area (Å²) in [6.45, 7) is 0. The average molecular weight is 397 g/mol. The molecular weight excluding hydrogens is 368 g/mol. The van der Waals surface area contributed by atoms with Crippen LogP contribution in [0.2, 0.25) is 0 Å². The first kappa shape index (κ1) is 21.0. The van der Waals surface area contributed by atoms with Gasteiger partial charge in [-0.05, 0) is 35.1 Å². The fraction of sp³-hybridized carbons (Fsp3) is 0.143. The zero-order chi connectivity index (χ0) is 20.0. The molecule has 4 aromatic rings. The first-order chi connectivity index (χ1) is 14.4. The third-order valence-electron chi connectivity index (χ3n) is 4.61. The maximum atomic E-state index is 2.18. The highest BCUT2D eigenvalue weighted by atomic mass is 32.2. The van der Waals surface area contributed by atoms with Crippen LogP contribution >= 0.6 is 11.8 Å². The van der Waals surface area contributed by atoms with Crippen LogP contribution in [0.4, 0.5) is 0 Å². The Hall–Kier alpha value is -2.77. The van der Waals surface area contributed by atoms with Crippen molar-refractivity contribution in [2.45, 2.75) is 24.3 Å². The fourth-order valence-electron chi connectivity index (χ4n) is 3.01. The quantitative estimate of drug-likeness (QED) is 0.310. The minimum atomic E-state index is 1.09. The Labute approximate surface area is 179 Å². The van der Waals surface area contributed by atoms with Gasteiger partial charge in [0, 0.05) is 11.5 Å². The molecule has 4 aromatic carbocycles. The number of thioether (sulfide) groups is 1. The Balaban J connectivity index is 0.000000166. The van der Waals surface area contributed by atoms with Crippen molar-refractivity contribution in [2.24, 2.45) is 0 Å². The van der Waals surface area contributed by atoms with E-state index in [1.807, 2.05) is 11.8 Å². The number of hydrogen-bond donors (Lipinski definition) is 0. The van der Waals surface area contributed by atoms with Gasteiger partial charge in [-0.25, -0.2) is 0 Å². The molecule has 0 heterocycles. The summed E-state index contributed by atoms with van der Waals surface area (Å²) in [5.41, 5.74) is 5.63. The molecule has 29 heavy (non-hydrogen) atoms. The summed E-state index contributed by atoms with van der Waals surface area (Å²) in [5.74, 6) is 2.19. The van der Waals surface area contributed by atoms with Gasteiger partial charge in [-0.2, -0.15) is 11.8 Å². The lowest BCUT2D eigenvalue weighted by atomic mass is 10.0. The smallest absolute Gasteiger partial charge is 0.0187 e. The molecule has 0 bridgehead atoms. The van der Waals surface area contributed by atoms with Crippen molar-refractivity contribution in [1.29, 1.82) is 0 Å². The van der Waals surface area contributed by atoms with Gasteiger partial charge in [0.05, 0.1) is 0 Å². The van der Waals surface area contributed by atoms with Crippen molar-refractivity contribution >= 4 is 11.8 Å². The van der Waals surface area contributed by atoms with Crippen LogP contribution in [0.15, 0.2) is 121 Å². The molecule has 0 aliphatic carbocycles. The van der Waals surface area contributed by atoms with Gasteiger partial charge in [-0.1, -0.05) is 121 Å². The van der Waals surface area contributed by atoms with Crippen molar-refractivity contribution in [3.63, 3.8) is 0 Å². The van der Waals surface area contributed by atoms with E-state index < -0.39 is 0 Å². The Kier molecular flexibility index (Phi) is 9.13. The molecule has 0 spiro atoms. The van der Waals surface area contributed by atoms with Crippen molar-refractivity contribution in [3.05, 3.63) is 144 Å². The second-order valence-corrected chi connectivity index (χ2v) is 7.92. The normalized spacial score (nSPS) is 10.1. The minimum absolute atomic E-state index is 1.09. The molecule has 0 radical (unpaired) electrons. The second-order valence-electron chi connectivity index (χ2n) is 6.94. The molecule has 0 N–H and O–H groups in total. The largest absolute Gasteiger partial charge is 0.152 e. The number of hydrogen-bond acceptors (Lipinski definition) is 1. The summed E-state index contributed by atoms with van der Waals surface area (Å²) in [7, 11) is 0. The van der Waals surface area contributed by atoms with E-state index in [-0.39, 0.29) is 0 Å². The highest BCUT2D eigenvalue weighted by Crippen LogP contribution is 2.17. The van der Waals surface area contributed by atoms with Crippen LogP contribution in [0.5, 0.6) is 0 Å². The van der Waals surface area contributed by atoms with Gasteiger partial charge in [0.25, 0.3) is 0 Å². The van der Waals surface area contributed by atoms with Gasteiger partial charge in [0.1, 0.15) is 0 Å². The van der Waals surface area contributed by atoms with Crippen LogP contribution in [0.25, 0.3) is 0 Å². The molecule has 0 saturated carbocycles. The standard InChI is InChI=1S/C14H14S.C14H14/c1-3-7-13(8-4-1)11-15-12-14-9-5-2-6-10-14;1-3-7-13(8-4-1)11-12-14-9-5-2-6-10-14/h1-10H,11-12H2;1-10H,11-12H2. The predicted molar refractivity (Wildman–Crippen MR) is 128 cm³/mol. The molecule has 0 nitrogen and oxygen atoms in total. The molecule has 0 aliphatic rings. The van der Waals surface area contributed by atoms with Gasteiger partial charge in [0.2, 0.25) is 0 Å². The predicted octanol–water partition coefficient (Wildman–Crippen LogP) is 7.59. The minimum Gasteiger partial charge on any atom is -0.152 e. The van der Waals surface area contributed by atoms with Gasteiger partial charge < -0.3 is 0 Å². The lowest BCUT2D eigenvalue weighted by Gasteiger charge is -2.01. The molecular formula is C28H28S. The van der Waals surface area contributed by atoms with E-state index in [9.17, 15) is 0 Å². The van der Waals surface area contributed by atoms with Crippen LogP contribution < -0.4 is 0 Å². The summed E-state index contributed by atoms with van der Waals surface area (Å²) in [6, 6.07) is 42.5. The molecule has 1 heteroatoms. The molecule has 0 unspecified atom stereocenters. The van der Waals surface area contributed by atoms with E-state index in [1.165, 1.54) is 22.3 Å². The molecule has 0 saturated heterocycles. The Morgan fingerprint density at radius 3 is 0.931 bits per heavy atom. The first-order valence-electron chi connectivity index (χ1n) is 10.1. The molecule has 4 rings (SSSR count). The third kappa shape index (κ3) is 8.41. The van der Waals surface area contributed by atoms with E-state index >= 15 is 0 Å². The van der Waals surface area contributed by atoms with Gasteiger partial charge in [-0.3, -0.25) is 0 Å². The Bertz CT molecular complexity index is 824. The van der Waals surface area contributed by atoms with E-state index in [0.29, 0.717) is 0 Å². The maximum Gasteiger partial charge on any atom is 0.0187 e. The Morgan fingerprint density at radius 2 is 0.621 bits per heavy atom. The number of rotatable bonds is 7. The zero-order valence-electron chi connectivity index (χ0n) is 16.8. The van der Waals surface area contributed by atoms with Crippen molar-refractivity contribution < 1.29 is 0 Å². The van der Waals surface area contributed by atoms with Crippen LogP contribution in [-0.2, 0) is 24.3 Å².